The van der Waals surface area contributed by atoms with E-state index in [1.807, 2.05) is 11.4 Å². The minimum absolute atomic E-state index is 0.0519. The molecule has 0 amide bonds. The number of nitrogens with zero attached hydrogens (tertiary/aromatic N) is 2. The molecule has 3 rings (SSSR count). The highest BCUT2D eigenvalue weighted by atomic mass is 79.9. The Kier molecular flexibility index (Phi) is 4.81. The summed E-state index contributed by atoms with van der Waals surface area (Å²) in [4.78, 5) is 13.7. The van der Waals surface area contributed by atoms with Crippen LogP contribution < -0.4 is 10.9 Å². The molecule has 1 saturated carbocycles. The summed E-state index contributed by atoms with van der Waals surface area (Å²) in [5.41, 5.74) is 0.536. The van der Waals surface area contributed by atoms with Crippen molar-refractivity contribution in [1.82, 2.24) is 9.78 Å². The molecule has 112 valence electrons. The Bertz CT molecular complexity index is 694. The molecule has 0 atom stereocenters. The average Bonchev–Trinajstić information content (AvgIpc) is 2.81. The summed E-state index contributed by atoms with van der Waals surface area (Å²) in [5.74, 6) is 0.607. The van der Waals surface area contributed by atoms with Crippen LogP contribution >= 0.6 is 43.2 Å². The smallest absolute Gasteiger partial charge is 0.291 e. The maximum atomic E-state index is 12.5. The molecule has 1 fully saturated rings. The molecule has 0 unspecified atom stereocenters. The number of halogens is 2. The zero-order chi connectivity index (χ0) is 14.8. The Balaban J connectivity index is 1.78. The molecular weight excluding hydrogens is 418 g/mol. The second-order valence-electron chi connectivity index (χ2n) is 5.20. The van der Waals surface area contributed by atoms with E-state index in [4.69, 9.17) is 0 Å². The van der Waals surface area contributed by atoms with Crippen molar-refractivity contribution in [2.75, 3.05) is 5.32 Å². The maximum absolute atomic E-state index is 12.5. The first-order valence-corrected chi connectivity index (χ1v) is 9.33. The van der Waals surface area contributed by atoms with E-state index < -0.39 is 0 Å². The lowest BCUT2D eigenvalue weighted by Gasteiger charge is -2.25. The molecule has 0 aliphatic heterocycles. The van der Waals surface area contributed by atoms with E-state index in [1.165, 1.54) is 24.1 Å². The van der Waals surface area contributed by atoms with Crippen molar-refractivity contribution in [3.63, 3.8) is 0 Å². The van der Waals surface area contributed by atoms with Gasteiger partial charge in [0, 0.05) is 15.9 Å². The topological polar surface area (TPSA) is 46.9 Å². The van der Waals surface area contributed by atoms with Crippen LogP contribution in [-0.4, -0.2) is 9.78 Å². The normalized spacial score (nSPS) is 15.0. The van der Waals surface area contributed by atoms with Gasteiger partial charge in [-0.05, 0) is 62.1 Å². The first-order valence-electron chi connectivity index (χ1n) is 6.86. The van der Waals surface area contributed by atoms with Crippen LogP contribution in [0.5, 0.6) is 0 Å². The molecule has 1 N–H and O–H groups in total. The lowest BCUT2D eigenvalue weighted by atomic mass is 9.85. The number of nitrogens with one attached hydrogen (secondary N) is 1. The van der Waals surface area contributed by atoms with Crippen LogP contribution in [0.25, 0.3) is 0 Å². The van der Waals surface area contributed by atoms with Gasteiger partial charge in [-0.2, -0.15) is 5.10 Å². The van der Waals surface area contributed by atoms with Gasteiger partial charge in [-0.3, -0.25) is 4.79 Å². The van der Waals surface area contributed by atoms with Crippen molar-refractivity contribution >= 4 is 48.9 Å². The van der Waals surface area contributed by atoms with Crippen LogP contribution in [0.4, 0.5) is 5.69 Å². The van der Waals surface area contributed by atoms with E-state index >= 15 is 0 Å². The van der Waals surface area contributed by atoms with Gasteiger partial charge in [-0.25, -0.2) is 4.68 Å². The summed E-state index contributed by atoms with van der Waals surface area (Å²) in [5, 5.41) is 9.49. The third-order valence-electron chi connectivity index (χ3n) is 3.77. The Morgan fingerprint density at radius 2 is 2.19 bits per heavy atom. The number of aromatic nitrogens is 2. The van der Waals surface area contributed by atoms with E-state index in [9.17, 15) is 4.79 Å². The van der Waals surface area contributed by atoms with E-state index in [0.29, 0.717) is 22.6 Å². The number of hydrogen-bond acceptors (Lipinski definition) is 4. The zero-order valence-corrected chi connectivity index (χ0v) is 15.3. The van der Waals surface area contributed by atoms with Gasteiger partial charge in [0.05, 0.1) is 17.2 Å². The summed E-state index contributed by atoms with van der Waals surface area (Å²) >= 11 is 8.58. The van der Waals surface area contributed by atoms with Crippen LogP contribution in [0.15, 0.2) is 31.4 Å². The molecule has 7 heteroatoms. The molecule has 1 aliphatic rings. The highest BCUT2D eigenvalue weighted by molar-refractivity contribution is 9.11. The van der Waals surface area contributed by atoms with Crippen LogP contribution in [0.1, 0.15) is 24.1 Å². The lowest BCUT2D eigenvalue weighted by Crippen LogP contribution is -2.30. The fourth-order valence-electron chi connectivity index (χ4n) is 2.30. The lowest BCUT2D eigenvalue weighted by molar-refractivity contribution is 0.262. The number of hydrogen-bond donors (Lipinski definition) is 1. The van der Waals surface area contributed by atoms with Gasteiger partial charge in [0.25, 0.3) is 5.56 Å². The molecule has 2 aromatic rings. The Morgan fingerprint density at radius 3 is 2.81 bits per heavy atom. The van der Waals surface area contributed by atoms with Crippen LogP contribution in [0.3, 0.4) is 0 Å². The Morgan fingerprint density at radius 1 is 1.38 bits per heavy atom. The van der Waals surface area contributed by atoms with Gasteiger partial charge in [-0.15, -0.1) is 11.3 Å². The molecule has 0 spiro atoms. The molecule has 0 bridgehead atoms. The van der Waals surface area contributed by atoms with Crippen LogP contribution in [0, 0.1) is 5.92 Å². The van der Waals surface area contributed by atoms with Crippen molar-refractivity contribution in [1.29, 1.82) is 0 Å². The molecule has 0 saturated heterocycles. The van der Waals surface area contributed by atoms with Gasteiger partial charge in [0.2, 0.25) is 0 Å². The molecule has 0 aromatic carbocycles. The van der Waals surface area contributed by atoms with E-state index in [2.05, 4.69) is 42.3 Å². The second kappa shape index (κ2) is 6.62. The van der Waals surface area contributed by atoms with E-state index in [0.717, 1.165) is 11.0 Å². The molecule has 2 heterocycles. The first kappa shape index (κ1) is 15.2. The third-order valence-corrected chi connectivity index (χ3v) is 6.30. The zero-order valence-electron chi connectivity index (χ0n) is 11.3. The number of thiophene rings is 1. The quantitative estimate of drug-likeness (QED) is 0.768. The summed E-state index contributed by atoms with van der Waals surface area (Å²) in [6, 6.07) is 2.01. The first-order chi connectivity index (χ1) is 10.1. The minimum atomic E-state index is -0.0519. The Labute approximate surface area is 143 Å². The van der Waals surface area contributed by atoms with Gasteiger partial charge < -0.3 is 5.32 Å². The summed E-state index contributed by atoms with van der Waals surface area (Å²) < 4.78 is 3.37. The van der Waals surface area contributed by atoms with Crippen LogP contribution in [-0.2, 0) is 13.1 Å². The average molecular weight is 433 g/mol. The molecular formula is C14H15Br2N3OS. The Hall–Kier alpha value is -0.660. The number of anilines is 1. The van der Waals surface area contributed by atoms with Crippen LogP contribution in [0.2, 0.25) is 0 Å². The highest BCUT2D eigenvalue weighted by Crippen LogP contribution is 2.28. The summed E-state index contributed by atoms with van der Waals surface area (Å²) in [7, 11) is 0. The molecule has 1 aliphatic carbocycles. The SMILES string of the molecule is O=c1c(NCc2sccc2Br)c(Br)cnn1CC1CCC1. The fraction of sp³-hybridized carbons (Fsp3) is 0.429. The van der Waals surface area contributed by atoms with Gasteiger partial charge in [-0.1, -0.05) is 6.42 Å². The molecule has 4 nitrogen and oxygen atoms in total. The summed E-state index contributed by atoms with van der Waals surface area (Å²) in [6.45, 7) is 1.35. The number of rotatable bonds is 5. The van der Waals surface area contributed by atoms with E-state index in [1.54, 1.807) is 22.2 Å². The van der Waals surface area contributed by atoms with Crippen molar-refractivity contribution < 1.29 is 0 Å². The fourth-order valence-corrected chi connectivity index (χ4v) is 4.13. The maximum Gasteiger partial charge on any atom is 0.291 e. The van der Waals surface area contributed by atoms with Crippen molar-refractivity contribution in [2.24, 2.45) is 5.92 Å². The predicted molar refractivity (Wildman–Crippen MR) is 92.9 cm³/mol. The largest absolute Gasteiger partial charge is 0.375 e. The van der Waals surface area contributed by atoms with Crippen molar-refractivity contribution in [3.8, 4) is 0 Å². The van der Waals surface area contributed by atoms with Crippen molar-refractivity contribution in [3.05, 3.63) is 41.8 Å². The second-order valence-corrected chi connectivity index (χ2v) is 7.91. The van der Waals surface area contributed by atoms with E-state index in [-0.39, 0.29) is 5.56 Å². The standard InChI is InChI=1S/C14H15Br2N3OS/c15-10-4-5-21-12(10)7-17-13-11(16)6-18-19(14(13)20)8-9-2-1-3-9/h4-6,9,17H,1-3,7-8H2. The third kappa shape index (κ3) is 3.40. The molecule has 0 radical (unpaired) electrons. The summed E-state index contributed by atoms with van der Waals surface area (Å²) in [6.07, 6.45) is 5.38. The molecule has 2 aromatic heterocycles. The van der Waals surface area contributed by atoms with Gasteiger partial charge >= 0.3 is 0 Å². The predicted octanol–water partition coefficient (Wildman–Crippen LogP) is 4.24. The van der Waals surface area contributed by atoms with Gasteiger partial charge in [0.15, 0.2) is 0 Å². The highest BCUT2D eigenvalue weighted by Gasteiger charge is 2.20. The monoisotopic (exact) mass is 431 g/mol. The minimum Gasteiger partial charge on any atom is -0.375 e. The molecule has 21 heavy (non-hydrogen) atoms. The van der Waals surface area contributed by atoms with Gasteiger partial charge in [0.1, 0.15) is 5.69 Å². The van der Waals surface area contributed by atoms with Crippen molar-refractivity contribution in [2.45, 2.75) is 32.4 Å².